The van der Waals surface area contributed by atoms with Gasteiger partial charge in [0, 0.05) is 7.05 Å². The Bertz CT molecular complexity index is 144. The molecule has 1 unspecified atom stereocenters. The first-order chi connectivity index (χ1) is 5.61. The van der Waals surface area contributed by atoms with Crippen molar-refractivity contribution in [2.75, 3.05) is 26.3 Å². The van der Waals surface area contributed by atoms with Crippen molar-refractivity contribution in [2.24, 2.45) is 0 Å². The van der Waals surface area contributed by atoms with E-state index in [0.717, 1.165) is 4.90 Å². The normalized spacial score (nSPS) is 12.3. The fourth-order valence-electron chi connectivity index (χ4n) is 0.605. The fraction of sp³-hybridized carbons (Fsp3) is 0.833. The van der Waals surface area contributed by atoms with E-state index in [2.05, 4.69) is 4.74 Å². The number of carbonyl (C=O) groups is 1. The summed E-state index contributed by atoms with van der Waals surface area (Å²) in [5.41, 5.74) is 0. The third-order valence-corrected chi connectivity index (χ3v) is 1.29. The van der Waals surface area contributed by atoms with Crippen LogP contribution in [0.4, 0.5) is 4.79 Å². The smallest absolute Gasteiger partial charge is 0.410 e. The van der Waals surface area contributed by atoms with Crippen LogP contribution in [-0.2, 0) is 4.74 Å². The van der Waals surface area contributed by atoms with Gasteiger partial charge in [0.25, 0.3) is 0 Å². The SMILES string of the molecule is CN(CC(O)CO)C(=O)OCCl. The molecule has 5 nitrogen and oxygen atoms in total. The van der Waals surface area contributed by atoms with Gasteiger partial charge in [0.2, 0.25) is 0 Å². The van der Waals surface area contributed by atoms with Crippen molar-refractivity contribution in [1.29, 1.82) is 0 Å². The molecule has 72 valence electrons. The number of nitrogens with zero attached hydrogens (tertiary/aromatic N) is 1. The summed E-state index contributed by atoms with van der Waals surface area (Å²) in [5, 5.41) is 17.4. The Morgan fingerprint density at radius 1 is 1.75 bits per heavy atom. The van der Waals surface area contributed by atoms with Crippen LogP contribution in [-0.4, -0.2) is 53.6 Å². The van der Waals surface area contributed by atoms with Crippen molar-refractivity contribution >= 4 is 17.7 Å². The van der Waals surface area contributed by atoms with E-state index in [9.17, 15) is 4.79 Å². The summed E-state index contributed by atoms with van der Waals surface area (Å²) in [6.07, 6.45) is -1.57. The molecule has 0 spiro atoms. The second kappa shape index (κ2) is 6.05. The molecule has 0 heterocycles. The number of halogens is 1. The highest BCUT2D eigenvalue weighted by molar-refractivity contribution is 6.17. The van der Waals surface area contributed by atoms with Crippen LogP contribution in [0.2, 0.25) is 0 Å². The predicted octanol–water partition coefficient (Wildman–Crippen LogP) is -0.396. The van der Waals surface area contributed by atoms with Gasteiger partial charge in [-0.2, -0.15) is 0 Å². The lowest BCUT2D eigenvalue weighted by atomic mass is 10.4. The van der Waals surface area contributed by atoms with Crippen LogP contribution in [0.5, 0.6) is 0 Å². The minimum atomic E-state index is -0.946. The summed E-state index contributed by atoms with van der Waals surface area (Å²) in [6.45, 7) is -0.370. The molecule has 0 saturated heterocycles. The van der Waals surface area contributed by atoms with E-state index in [1.54, 1.807) is 0 Å². The van der Waals surface area contributed by atoms with Gasteiger partial charge < -0.3 is 19.8 Å². The molecule has 6 heteroatoms. The summed E-state index contributed by atoms with van der Waals surface area (Å²) < 4.78 is 4.41. The topological polar surface area (TPSA) is 70.0 Å². The van der Waals surface area contributed by atoms with E-state index in [1.807, 2.05) is 0 Å². The highest BCUT2D eigenvalue weighted by Crippen LogP contribution is 1.93. The second-order valence-corrected chi connectivity index (χ2v) is 2.45. The van der Waals surface area contributed by atoms with E-state index in [4.69, 9.17) is 21.8 Å². The van der Waals surface area contributed by atoms with E-state index in [1.165, 1.54) is 7.05 Å². The van der Waals surface area contributed by atoms with E-state index in [0.29, 0.717) is 0 Å². The van der Waals surface area contributed by atoms with Crippen molar-refractivity contribution in [3.05, 3.63) is 0 Å². The number of amides is 1. The first-order valence-corrected chi connectivity index (χ1v) is 3.88. The van der Waals surface area contributed by atoms with Crippen LogP contribution in [0.1, 0.15) is 0 Å². The van der Waals surface area contributed by atoms with E-state index in [-0.39, 0.29) is 12.6 Å². The van der Waals surface area contributed by atoms with Crippen molar-refractivity contribution in [1.82, 2.24) is 4.90 Å². The van der Waals surface area contributed by atoms with Gasteiger partial charge in [-0.15, -0.1) is 0 Å². The monoisotopic (exact) mass is 197 g/mol. The lowest BCUT2D eigenvalue weighted by Gasteiger charge is -2.18. The van der Waals surface area contributed by atoms with Crippen LogP contribution in [0.3, 0.4) is 0 Å². The maximum Gasteiger partial charge on any atom is 0.410 e. The van der Waals surface area contributed by atoms with Crippen molar-refractivity contribution in [2.45, 2.75) is 6.10 Å². The Balaban J connectivity index is 3.70. The average Bonchev–Trinajstić information content (AvgIpc) is 2.04. The molecule has 1 amide bonds. The molecule has 0 bridgehead atoms. The Hall–Kier alpha value is -0.520. The number of carbonyl (C=O) groups excluding carboxylic acids is 1. The standard InChI is InChI=1S/C6H12ClNO4/c1-8(2-5(10)3-9)6(11)12-4-7/h5,9-10H,2-4H2,1H3. The lowest BCUT2D eigenvalue weighted by Crippen LogP contribution is -2.36. The largest absolute Gasteiger partial charge is 0.433 e. The van der Waals surface area contributed by atoms with Crippen molar-refractivity contribution < 1.29 is 19.7 Å². The van der Waals surface area contributed by atoms with Crippen LogP contribution in [0.25, 0.3) is 0 Å². The summed E-state index contributed by atoms with van der Waals surface area (Å²) in [7, 11) is 1.44. The Morgan fingerprint density at radius 3 is 2.75 bits per heavy atom. The quantitative estimate of drug-likeness (QED) is 0.602. The molecule has 0 fully saturated rings. The van der Waals surface area contributed by atoms with Gasteiger partial charge >= 0.3 is 6.09 Å². The molecular formula is C6H12ClNO4. The molecule has 0 aromatic carbocycles. The van der Waals surface area contributed by atoms with Gasteiger partial charge in [-0.1, -0.05) is 11.6 Å². The number of likely N-dealkylation sites (N-methyl/N-ethyl adjacent to an activating group) is 1. The summed E-state index contributed by atoms with van der Waals surface area (Å²) in [5.74, 6) is 0. The molecule has 0 radical (unpaired) electrons. The van der Waals surface area contributed by atoms with Crippen molar-refractivity contribution in [3.8, 4) is 0 Å². The molecule has 1 atom stereocenters. The van der Waals surface area contributed by atoms with Crippen LogP contribution in [0, 0.1) is 0 Å². The molecule has 0 aliphatic heterocycles. The lowest BCUT2D eigenvalue weighted by molar-refractivity contribution is 0.0587. The second-order valence-electron chi connectivity index (χ2n) is 2.24. The van der Waals surface area contributed by atoms with Gasteiger partial charge in [0.1, 0.15) is 0 Å². The average molecular weight is 198 g/mol. The Kier molecular flexibility index (Phi) is 5.79. The van der Waals surface area contributed by atoms with Crippen LogP contribution >= 0.6 is 11.6 Å². The number of ether oxygens (including phenoxy) is 1. The molecule has 0 aliphatic carbocycles. The predicted molar refractivity (Wildman–Crippen MR) is 42.9 cm³/mol. The van der Waals surface area contributed by atoms with Gasteiger partial charge in [-0.05, 0) is 0 Å². The maximum atomic E-state index is 10.8. The Morgan fingerprint density at radius 2 is 2.33 bits per heavy atom. The highest BCUT2D eigenvalue weighted by Gasteiger charge is 2.13. The van der Waals surface area contributed by atoms with Crippen LogP contribution in [0.15, 0.2) is 0 Å². The Labute approximate surface area is 75.5 Å². The molecular weight excluding hydrogens is 186 g/mol. The number of aliphatic hydroxyl groups is 2. The summed E-state index contributed by atoms with van der Waals surface area (Å²) >= 11 is 5.13. The number of hydrogen-bond acceptors (Lipinski definition) is 4. The van der Waals surface area contributed by atoms with Crippen LogP contribution < -0.4 is 0 Å². The summed E-state index contributed by atoms with van der Waals surface area (Å²) in [6, 6.07) is -0.224. The van der Waals surface area contributed by atoms with E-state index >= 15 is 0 Å². The molecule has 0 aromatic heterocycles. The molecule has 0 saturated carbocycles. The summed E-state index contributed by atoms with van der Waals surface area (Å²) in [4.78, 5) is 11.9. The van der Waals surface area contributed by atoms with Gasteiger partial charge in [-0.25, -0.2) is 4.79 Å². The number of hydrogen-bond donors (Lipinski definition) is 2. The molecule has 0 rings (SSSR count). The van der Waals surface area contributed by atoms with Gasteiger partial charge in [0.15, 0.2) is 6.07 Å². The third-order valence-electron chi connectivity index (χ3n) is 1.19. The van der Waals surface area contributed by atoms with Gasteiger partial charge in [-0.3, -0.25) is 0 Å². The van der Waals surface area contributed by atoms with Crippen molar-refractivity contribution in [3.63, 3.8) is 0 Å². The zero-order valence-electron chi connectivity index (χ0n) is 6.73. The zero-order chi connectivity index (χ0) is 9.56. The fourth-order valence-corrected chi connectivity index (χ4v) is 0.699. The van der Waals surface area contributed by atoms with Gasteiger partial charge in [0.05, 0.1) is 19.3 Å². The minimum Gasteiger partial charge on any atom is -0.433 e. The molecule has 0 aromatic rings. The number of rotatable bonds is 4. The number of alkyl halides is 1. The molecule has 0 aliphatic rings. The first kappa shape index (κ1) is 11.5. The molecule has 12 heavy (non-hydrogen) atoms. The number of aliphatic hydroxyl groups excluding tert-OH is 2. The molecule has 2 N–H and O–H groups in total. The first-order valence-electron chi connectivity index (χ1n) is 3.34. The maximum absolute atomic E-state index is 10.8. The third kappa shape index (κ3) is 4.38. The minimum absolute atomic E-state index is 0.0201. The van der Waals surface area contributed by atoms with E-state index < -0.39 is 18.8 Å². The highest BCUT2D eigenvalue weighted by atomic mass is 35.5. The zero-order valence-corrected chi connectivity index (χ0v) is 7.49.